The number of hydrogen-bond acceptors (Lipinski definition) is 7. The first-order valence-corrected chi connectivity index (χ1v) is 10.5. The Bertz CT molecular complexity index is 978. The molecule has 4 rings (SSSR count). The van der Waals surface area contributed by atoms with Crippen LogP contribution in [0.4, 0.5) is 0 Å². The Morgan fingerprint density at radius 2 is 2.10 bits per heavy atom. The zero-order valence-corrected chi connectivity index (χ0v) is 17.4. The molecule has 1 aromatic heterocycles. The topological polar surface area (TPSA) is 82.6 Å². The van der Waals surface area contributed by atoms with E-state index in [1.165, 1.54) is 26.4 Å². The summed E-state index contributed by atoms with van der Waals surface area (Å²) in [6.45, 7) is 0.534. The van der Waals surface area contributed by atoms with Gasteiger partial charge in [-0.1, -0.05) is 18.8 Å². The third-order valence-corrected chi connectivity index (χ3v) is 5.51. The predicted molar refractivity (Wildman–Crippen MR) is 112 cm³/mol. The van der Waals surface area contributed by atoms with Crippen molar-refractivity contribution in [1.29, 1.82) is 0 Å². The van der Waals surface area contributed by atoms with Crippen molar-refractivity contribution in [1.82, 2.24) is 15.3 Å². The molecule has 0 amide bonds. The van der Waals surface area contributed by atoms with Crippen molar-refractivity contribution in [3.8, 4) is 23.5 Å². The molecule has 2 aliphatic rings. The number of unbranched alkanes of at least 4 members (excludes halogenated alkanes) is 1. The summed E-state index contributed by atoms with van der Waals surface area (Å²) in [7, 11) is 3.00. The lowest BCUT2D eigenvalue weighted by atomic mass is 10.2. The number of hydrogen-bond donors (Lipinski definition) is 1. The van der Waals surface area contributed by atoms with Crippen LogP contribution in [0.15, 0.2) is 18.2 Å². The molecule has 1 aromatic carbocycles. The average Bonchev–Trinajstić information content (AvgIpc) is 3.48. The van der Waals surface area contributed by atoms with Crippen LogP contribution in [0.5, 0.6) is 11.6 Å². The van der Waals surface area contributed by atoms with Gasteiger partial charge in [0.25, 0.3) is 0 Å². The van der Waals surface area contributed by atoms with Gasteiger partial charge in [-0.25, -0.2) is 9.97 Å². The van der Waals surface area contributed by atoms with Crippen molar-refractivity contribution in [2.75, 3.05) is 20.8 Å². The van der Waals surface area contributed by atoms with Crippen LogP contribution < -0.4 is 14.8 Å². The fourth-order valence-corrected chi connectivity index (χ4v) is 3.61. The van der Waals surface area contributed by atoms with Crippen LogP contribution in [0.3, 0.4) is 0 Å². The number of benzene rings is 1. The zero-order valence-electron chi connectivity index (χ0n) is 17.4. The minimum atomic E-state index is -0.370. The van der Waals surface area contributed by atoms with Gasteiger partial charge in [-0.15, -0.1) is 0 Å². The van der Waals surface area contributed by atoms with E-state index in [0.29, 0.717) is 35.8 Å². The van der Waals surface area contributed by atoms with Gasteiger partial charge in [-0.05, 0) is 36.8 Å². The van der Waals surface area contributed by atoms with E-state index in [9.17, 15) is 4.79 Å². The summed E-state index contributed by atoms with van der Waals surface area (Å²) in [5, 5.41) is 3.13. The number of esters is 1. The standard InChI is InChI=1S/C23H27N3O4/c1-28-16-10-11-18-20(12-16)26-22(30-17-13-21(24-14-17)23(27)29-2)19(25-18)7-5-3-4-6-15-8-9-15/h10-12,15,17,21,24H,3-4,6,8-9,13-14H2,1-2H3/t17-,21+/m1/s1. The number of methoxy groups -OCH3 is 2. The van der Waals surface area contributed by atoms with E-state index in [-0.39, 0.29) is 18.1 Å². The Balaban J connectivity index is 1.54. The second kappa shape index (κ2) is 9.31. The molecule has 2 fully saturated rings. The molecule has 1 saturated heterocycles. The Labute approximate surface area is 176 Å². The first-order valence-electron chi connectivity index (χ1n) is 10.5. The number of rotatable bonds is 7. The quantitative estimate of drug-likeness (QED) is 0.428. The summed E-state index contributed by atoms with van der Waals surface area (Å²) in [6.07, 6.45) is 6.25. The fourth-order valence-electron chi connectivity index (χ4n) is 3.61. The van der Waals surface area contributed by atoms with Crippen molar-refractivity contribution in [3.05, 3.63) is 23.9 Å². The van der Waals surface area contributed by atoms with Crippen LogP contribution >= 0.6 is 0 Å². The van der Waals surface area contributed by atoms with Crippen LogP contribution in [-0.2, 0) is 9.53 Å². The van der Waals surface area contributed by atoms with E-state index < -0.39 is 0 Å². The van der Waals surface area contributed by atoms with Crippen molar-refractivity contribution < 1.29 is 19.0 Å². The number of carbonyl (C=O) groups is 1. The number of ether oxygens (including phenoxy) is 3. The minimum Gasteiger partial charge on any atom is -0.497 e. The van der Waals surface area contributed by atoms with Gasteiger partial charge >= 0.3 is 5.97 Å². The summed E-state index contributed by atoms with van der Waals surface area (Å²) in [5.41, 5.74) is 1.95. The molecule has 2 heterocycles. The molecule has 1 aliphatic heterocycles. The second-order valence-electron chi connectivity index (χ2n) is 7.83. The van der Waals surface area contributed by atoms with Crippen LogP contribution in [0.25, 0.3) is 11.0 Å². The summed E-state index contributed by atoms with van der Waals surface area (Å²) in [5.74, 6) is 8.11. The molecule has 0 bridgehead atoms. The number of carbonyl (C=O) groups excluding carboxylic acids is 1. The van der Waals surface area contributed by atoms with Crippen molar-refractivity contribution in [2.24, 2.45) is 5.92 Å². The van der Waals surface area contributed by atoms with E-state index in [4.69, 9.17) is 14.2 Å². The SMILES string of the molecule is COC(=O)[C@@H]1C[C@@H](Oc2nc3cc(OC)ccc3nc2C#CCCCC2CC2)CN1. The third kappa shape index (κ3) is 5.00. The second-order valence-corrected chi connectivity index (χ2v) is 7.83. The van der Waals surface area contributed by atoms with Crippen LogP contribution in [0.1, 0.15) is 44.2 Å². The molecule has 0 unspecified atom stereocenters. The molecule has 7 heteroatoms. The monoisotopic (exact) mass is 409 g/mol. The van der Waals surface area contributed by atoms with E-state index in [1.54, 1.807) is 7.11 Å². The van der Waals surface area contributed by atoms with Crippen LogP contribution in [0.2, 0.25) is 0 Å². The highest BCUT2D eigenvalue weighted by Gasteiger charge is 2.32. The average molecular weight is 409 g/mol. The third-order valence-electron chi connectivity index (χ3n) is 5.51. The van der Waals surface area contributed by atoms with Crippen molar-refractivity contribution >= 4 is 17.0 Å². The molecular weight excluding hydrogens is 382 g/mol. The van der Waals surface area contributed by atoms with E-state index in [0.717, 1.165) is 24.3 Å². The summed E-state index contributed by atoms with van der Waals surface area (Å²) in [4.78, 5) is 21.1. The minimum absolute atomic E-state index is 0.207. The maximum Gasteiger partial charge on any atom is 0.323 e. The molecule has 7 nitrogen and oxygen atoms in total. The molecule has 2 aromatic rings. The van der Waals surface area contributed by atoms with Gasteiger partial charge in [0.05, 0.1) is 25.3 Å². The Hall–Kier alpha value is -2.85. The highest BCUT2D eigenvalue weighted by atomic mass is 16.5. The normalized spacial score (nSPS) is 20.5. The Kier molecular flexibility index (Phi) is 6.34. The number of nitrogens with one attached hydrogen (secondary N) is 1. The number of nitrogens with zero attached hydrogens (tertiary/aromatic N) is 2. The molecule has 2 atom stereocenters. The van der Waals surface area contributed by atoms with Crippen molar-refractivity contribution in [3.63, 3.8) is 0 Å². The lowest BCUT2D eigenvalue weighted by molar-refractivity contribution is -0.142. The molecule has 0 radical (unpaired) electrons. The highest BCUT2D eigenvalue weighted by Crippen LogP contribution is 2.33. The van der Waals surface area contributed by atoms with Crippen molar-refractivity contribution in [2.45, 2.75) is 50.7 Å². The van der Waals surface area contributed by atoms with Crippen LogP contribution in [0, 0.1) is 17.8 Å². The molecule has 158 valence electrons. The predicted octanol–water partition coefficient (Wildman–Crippen LogP) is 2.85. The summed E-state index contributed by atoms with van der Waals surface area (Å²) in [6, 6.07) is 5.18. The van der Waals surface area contributed by atoms with Gasteiger partial charge in [0.1, 0.15) is 17.9 Å². The van der Waals surface area contributed by atoms with Gasteiger partial charge in [0.15, 0.2) is 5.69 Å². The summed E-state index contributed by atoms with van der Waals surface area (Å²) >= 11 is 0. The molecule has 1 saturated carbocycles. The zero-order chi connectivity index (χ0) is 20.9. The fraction of sp³-hybridized carbons (Fsp3) is 0.522. The molecule has 1 aliphatic carbocycles. The maximum atomic E-state index is 11.8. The smallest absolute Gasteiger partial charge is 0.323 e. The molecule has 30 heavy (non-hydrogen) atoms. The van der Waals surface area contributed by atoms with Gasteiger partial charge < -0.3 is 19.5 Å². The van der Waals surface area contributed by atoms with Crippen LogP contribution in [-0.4, -0.2) is 48.8 Å². The number of aromatic nitrogens is 2. The molecular formula is C23H27N3O4. The largest absolute Gasteiger partial charge is 0.497 e. The van der Waals surface area contributed by atoms with Gasteiger partial charge in [-0.3, -0.25) is 4.79 Å². The van der Waals surface area contributed by atoms with E-state index in [2.05, 4.69) is 27.1 Å². The first kappa shape index (κ1) is 20.4. The summed E-state index contributed by atoms with van der Waals surface area (Å²) < 4.78 is 16.2. The molecule has 1 N–H and O–H groups in total. The van der Waals surface area contributed by atoms with Gasteiger partial charge in [0, 0.05) is 25.5 Å². The lowest BCUT2D eigenvalue weighted by Crippen LogP contribution is -2.31. The van der Waals surface area contributed by atoms with Gasteiger partial charge in [0.2, 0.25) is 5.88 Å². The van der Waals surface area contributed by atoms with E-state index in [1.807, 2.05) is 18.2 Å². The highest BCUT2D eigenvalue weighted by molar-refractivity contribution is 5.77. The number of fused-ring (bicyclic) bond motifs is 1. The maximum absolute atomic E-state index is 11.8. The lowest BCUT2D eigenvalue weighted by Gasteiger charge is -2.14. The Morgan fingerprint density at radius 1 is 1.23 bits per heavy atom. The molecule has 0 spiro atoms. The first-order chi connectivity index (χ1) is 14.7. The van der Waals surface area contributed by atoms with E-state index >= 15 is 0 Å². The Morgan fingerprint density at radius 3 is 2.87 bits per heavy atom. The van der Waals surface area contributed by atoms with Gasteiger partial charge in [-0.2, -0.15) is 0 Å².